The van der Waals surface area contributed by atoms with Crippen LogP contribution < -0.4 is 0 Å². The van der Waals surface area contributed by atoms with Gasteiger partial charge in [-0.2, -0.15) is 0 Å². The van der Waals surface area contributed by atoms with Gasteiger partial charge in [-0.1, -0.05) is 58.0 Å². The molecule has 0 aliphatic heterocycles. The molecule has 6 nitrogen and oxygen atoms in total. The van der Waals surface area contributed by atoms with Crippen molar-refractivity contribution >= 4 is 12.0 Å². The molecule has 0 bridgehead atoms. The minimum Gasteiger partial charge on any atom is -0.508 e. The smallest absolute Gasteiger partial charge is 0.328 e. The molecule has 0 amide bonds. The number of carboxylic acid groups (broad SMARTS) is 1. The van der Waals surface area contributed by atoms with Crippen LogP contribution in [0.3, 0.4) is 0 Å². The number of aromatic hydroxyl groups is 4. The van der Waals surface area contributed by atoms with Crippen molar-refractivity contribution < 1.29 is 30.3 Å². The van der Waals surface area contributed by atoms with E-state index in [1.807, 2.05) is 38.1 Å². The van der Waals surface area contributed by atoms with E-state index in [1.54, 1.807) is 6.07 Å². The van der Waals surface area contributed by atoms with E-state index in [2.05, 4.69) is 33.8 Å². The van der Waals surface area contributed by atoms with Crippen LogP contribution in [0.25, 0.3) is 6.08 Å². The molecule has 0 aliphatic carbocycles. The molecule has 0 atom stereocenters. The second-order valence-electron chi connectivity index (χ2n) is 8.84. The minimum atomic E-state index is -1.06. The summed E-state index contributed by atoms with van der Waals surface area (Å²) in [4.78, 5) is 10.1. The van der Waals surface area contributed by atoms with E-state index >= 15 is 0 Å². The summed E-state index contributed by atoms with van der Waals surface area (Å²) in [6.45, 7) is 12.3. The van der Waals surface area contributed by atoms with Gasteiger partial charge >= 0.3 is 5.97 Å². The lowest BCUT2D eigenvalue weighted by atomic mass is 10.0. The van der Waals surface area contributed by atoms with E-state index in [0.717, 1.165) is 22.8 Å². The van der Waals surface area contributed by atoms with E-state index in [-0.39, 0.29) is 11.5 Å². The standard InChI is InChI=1S/2C10H14O.C9H8O4/c1-7(2)9-5-4-8(3)10(11)6-9;1-7(2)9-5-4-8(3)6-10(9)11;10-7-3-1-6(5-8(7)11)2-4-9(12)13/h2*4-7,11H,1-3H3;1-5,10-11H,(H,12,13)/b;;4-2+. The van der Waals surface area contributed by atoms with Crippen LogP contribution in [0.1, 0.15) is 67.3 Å². The van der Waals surface area contributed by atoms with Crippen LogP contribution in [0.4, 0.5) is 0 Å². The first-order valence-corrected chi connectivity index (χ1v) is 11.3. The number of carbonyl (C=O) groups is 1. The van der Waals surface area contributed by atoms with E-state index in [9.17, 15) is 15.0 Å². The molecule has 3 rings (SSSR count). The molecular weight excluding hydrogens is 444 g/mol. The van der Waals surface area contributed by atoms with Crippen molar-refractivity contribution in [2.45, 2.75) is 53.4 Å². The van der Waals surface area contributed by atoms with Gasteiger partial charge in [0.25, 0.3) is 0 Å². The van der Waals surface area contributed by atoms with Gasteiger partial charge in [0.1, 0.15) is 11.5 Å². The molecule has 3 aromatic rings. The number of aryl methyl sites for hydroxylation is 2. The quantitative estimate of drug-likeness (QED) is 0.206. The zero-order valence-electron chi connectivity index (χ0n) is 21.1. The summed E-state index contributed by atoms with van der Waals surface area (Å²) in [5.74, 6) is 0.140. The highest BCUT2D eigenvalue weighted by molar-refractivity contribution is 5.85. The van der Waals surface area contributed by atoms with E-state index < -0.39 is 5.97 Å². The molecule has 0 spiro atoms. The van der Waals surface area contributed by atoms with Crippen molar-refractivity contribution in [3.8, 4) is 23.0 Å². The second kappa shape index (κ2) is 13.7. The lowest BCUT2D eigenvalue weighted by Gasteiger charge is -2.07. The number of hydrogen-bond donors (Lipinski definition) is 5. The number of carboxylic acids is 1. The van der Waals surface area contributed by atoms with E-state index in [0.29, 0.717) is 28.9 Å². The molecule has 3 aromatic carbocycles. The van der Waals surface area contributed by atoms with Gasteiger partial charge in [0, 0.05) is 6.08 Å². The molecule has 0 unspecified atom stereocenters. The molecule has 5 N–H and O–H groups in total. The van der Waals surface area contributed by atoms with Crippen molar-refractivity contribution in [2.75, 3.05) is 0 Å². The average Bonchev–Trinajstić information content (AvgIpc) is 2.77. The highest BCUT2D eigenvalue weighted by Crippen LogP contribution is 2.26. The number of phenolic OH excluding ortho intramolecular Hbond substituents is 4. The maximum absolute atomic E-state index is 10.1. The fourth-order valence-electron chi connectivity index (χ4n) is 2.94. The fourth-order valence-corrected chi connectivity index (χ4v) is 2.94. The van der Waals surface area contributed by atoms with Crippen molar-refractivity contribution in [2.24, 2.45) is 0 Å². The summed E-state index contributed by atoms with van der Waals surface area (Å²) in [6, 6.07) is 15.7. The molecule has 188 valence electrons. The predicted molar refractivity (Wildman–Crippen MR) is 140 cm³/mol. The lowest BCUT2D eigenvalue weighted by Crippen LogP contribution is -1.87. The Balaban J connectivity index is 0.000000264. The average molecular weight is 481 g/mol. The number of hydrogen-bond acceptors (Lipinski definition) is 5. The first-order valence-electron chi connectivity index (χ1n) is 11.3. The topological polar surface area (TPSA) is 118 Å². The third-order valence-corrected chi connectivity index (χ3v) is 5.13. The molecule has 0 heterocycles. The van der Waals surface area contributed by atoms with Crippen molar-refractivity contribution in [1.82, 2.24) is 0 Å². The molecule has 35 heavy (non-hydrogen) atoms. The van der Waals surface area contributed by atoms with Crippen LogP contribution in [0.15, 0.2) is 60.7 Å². The largest absolute Gasteiger partial charge is 0.508 e. The van der Waals surface area contributed by atoms with Gasteiger partial charge in [0.15, 0.2) is 11.5 Å². The second-order valence-corrected chi connectivity index (χ2v) is 8.84. The highest BCUT2D eigenvalue weighted by atomic mass is 16.4. The van der Waals surface area contributed by atoms with Gasteiger partial charge in [-0.05, 0) is 83.8 Å². The van der Waals surface area contributed by atoms with Crippen LogP contribution in [0.2, 0.25) is 0 Å². The fraction of sp³-hybridized carbons (Fsp3) is 0.276. The molecule has 0 aromatic heterocycles. The first kappa shape index (κ1) is 29.1. The van der Waals surface area contributed by atoms with Crippen molar-refractivity contribution in [3.63, 3.8) is 0 Å². The summed E-state index contributed by atoms with van der Waals surface area (Å²) in [5, 5.41) is 45.1. The van der Waals surface area contributed by atoms with Gasteiger partial charge in [0.2, 0.25) is 0 Å². The summed E-state index contributed by atoms with van der Waals surface area (Å²) in [7, 11) is 0. The maximum Gasteiger partial charge on any atom is 0.328 e. The van der Waals surface area contributed by atoms with Crippen LogP contribution in [-0.2, 0) is 4.79 Å². The van der Waals surface area contributed by atoms with E-state index in [1.165, 1.54) is 29.8 Å². The molecule has 6 heteroatoms. The Morgan fingerprint density at radius 3 is 1.86 bits per heavy atom. The molecule has 0 saturated heterocycles. The summed E-state index contributed by atoms with van der Waals surface area (Å²) in [5.41, 5.74) is 4.77. The normalized spacial score (nSPS) is 10.5. The SMILES string of the molecule is Cc1ccc(C(C)C)c(O)c1.Cc1ccc(C(C)C)cc1O.O=C(O)/C=C/c1ccc(O)c(O)c1. The van der Waals surface area contributed by atoms with Gasteiger partial charge in [0.05, 0.1) is 0 Å². The third-order valence-electron chi connectivity index (χ3n) is 5.13. The highest BCUT2D eigenvalue weighted by Gasteiger charge is 2.04. The van der Waals surface area contributed by atoms with E-state index in [4.69, 9.17) is 15.3 Å². The van der Waals surface area contributed by atoms with Crippen molar-refractivity contribution in [1.29, 1.82) is 0 Å². The third kappa shape index (κ3) is 10.3. The Bertz CT molecular complexity index is 1150. The Kier molecular flexibility index (Phi) is 11.4. The number of benzene rings is 3. The summed E-state index contributed by atoms with van der Waals surface area (Å²) >= 11 is 0. The Morgan fingerprint density at radius 2 is 1.37 bits per heavy atom. The number of rotatable bonds is 4. The Morgan fingerprint density at radius 1 is 0.714 bits per heavy atom. The van der Waals surface area contributed by atoms with Crippen LogP contribution in [0, 0.1) is 13.8 Å². The molecule has 0 aliphatic rings. The van der Waals surface area contributed by atoms with Crippen molar-refractivity contribution in [3.05, 3.63) is 88.5 Å². The maximum atomic E-state index is 10.1. The van der Waals surface area contributed by atoms with Gasteiger partial charge in [-0.3, -0.25) is 0 Å². The number of aliphatic carboxylic acids is 1. The summed E-state index contributed by atoms with van der Waals surface area (Å²) in [6.07, 6.45) is 2.27. The molecule has 0 radical (unpaired) electrons. The Hall–Kier alpha value is -3.93. The predicted octanol–water partition coefficient (Wildman–Crippen LogP) is 6.84. The summed E-state index contributed by atoms with van der Waals surface area (Å²) < 4.78 is 0. The van der Waals surface area contributed by atoms with Crippen LogP contribution in [-0.4, -0.2) is 31.5 Å². The lowest BCUT2D eigenvalue weighted by molar-refractivity contribution is -0.131. The molecule has 0 fully saturated rings. The zero-order valence-corrected chi connectivity index (χ0v) is 21.1. The van der Waals surface area contributed by atoms with Crippen LogP contribution in [0.5, 0.6) is 23.0 Å². The minimum absolute atomic E-state index is 0.229. The van der Waals surface area contributed by atoms with Gasteiger partial charge in [-0.25, -0.2) is 4.79 Å². The first-order chi connectivity index (χ1) is 16.3. The monoisotopic (exact) mass is 480 g/mol. The molecular formula is C29H36O6. The van der Waals surface area contributed by atoms with Gasteiger partial charge < -0.3 is 25.5 Å². The Labute approximate surface area is 207 Å². The zero-order chi connectivity index (χ0) is 26.7. The van der Waals surface area contributed by atoms with Crippen LogP contribution >= 0.6 is 0 Å². The molecule has 0 saturated carbocycles. The number of phenols is 4. The van der Waals surface area contributed by atoms with Gasteiger partial charge in [-0.15, -0.1) is 0 Å².